The lowest BCUT2D eigenvalue weighted by Gasteiger charge is -2.42. The highest BCUT2D eigenvalue weighted by atomic mass is 127. The summed E-state index contributed by atoms with van der Waals surface area (Å²) >= 11 is 0. The zero-order valence-corrected chi connectivity index (χ0v) is 19.3. The summed E-state index contributed by atoms with van der Waals surface area (Å²) in [6.45, 7) is 3.29. The van der Waals surface area contributed by atoms with Gasteiger partial charge in [0.1, 0.15) is 0 Å². The number of rotatable bonds is 8. The van der Waals surface area contributed by atoms with Crippen molar-refractivity contribution < 1.29 is 9.53 Å². The van der Waals surface area contributed by atoms with Crippen molar-refractivity contribution in [2.75, 3.05) is 38.8 Å². The summed E-state index contributed by atoms with van der Waals surface area (Å²) in [6.07, 6.45) is 6.55. The molecule has 156 valence electrons. The molecule has 2 fully saturated rings. The molecule has 2 aliphatic rings. The number of halogens is 1. The summed E-state index contributed by atoms with van der Waals surface area (Å²) < 4.78 is 5.27. The van der Waals surface area contributed by atoms with Crippen molar-refractivity contribution in [2.45, 2.75) is 45.1 Å². The fourth-order valence-corrected chi connectivity index (χ4v) is 3.90. The molecule has 1 amide bonds. The van der Waals surface area contributed by atoms with Crippen molar-refractivity contribution in [1.29, 1.82) is 0 Å². The number of nitrogens with one attached hydrogen (secondary N) is 2. The van der Waals surface area contributed by atoms with E-state index in [1.54, 1.807) is 14.2 Å². The van der Waals surface area contributed by atoms with Gasteiger partial charge >= 0.3 is 0 Å². The van der Waals surface area contributed by atoms with Crippen LogP contribution in [0.25, 0.3) is 0 Å². The van der Waals surface area contributed by atoms with Crippen LogP contribution in [0.15, 0.2) is 29.3 Å². The molecule has 1 aromatic carbocycles. The molecule has 0 atom stereocenters. The third kappa shape index (κ3) is 5.83. The van der Waals surface area contributed by atoms with Crippen LogP contribution < -0.4 is 15.5 Å². The lowest BCUT2D eigenvalue weighted by atomic mass is 9.67. The number of guanidine groups is 1. The van der Waals surface area contributed by atoms with Crippen LogP contribution >= 0.6 is 24.0 Å². The summed E-state index contributed by atoms with van der Waals surface area (Å²) in [6, 6.07) is 8.22. The molecule has 0 radical (unpaired) electrons. The van der Waals surface area contributed by atoms with Gasteiger partial charge < -0.3 is 20.3 Å². The van der Waals surface area contributed by atoms with E-state index in [0.717, 1.165) is 44.2 Å². The molecule has 1 aromatic rings. The summed E-state index contributed by atoms with van der Waals surface area (Å²) in [7, 11) is 3.57. The number of hydrogen-bond acceptors (Lipinski definition) is 3. The summed E-state index contributed by atoms with van der Waals surface area (Å²) in [5.41, 5.74) is 2.53. The molecule has 28 heavy (non-hydrogen) atoms. The molecule has 0 aromatic heterocycles. The second-order valence-electron chi connectivity index (χ2n) is 7.69. The molecule has 1 aliphatic heterocycles. The third-order valence-corrected chi connectivity index (χ3v) is 5.89. The maximum atomic E-state index is 11.8. The maximum absolute atomic E-state index is 11.8. The first-order valence-corrected chi connectivity index (χ1v) is 9.99. The molecular weight excluding hydrogens is 467 g/mol. The van der Waals surface area contributed by atoms with E-state index in [9.17, 15) is 4.79 Å². The molecule has 1 saturated heterocycles. The Kier molecular flexibility index (Phi) is 9.01. The van der Waals surface area contributed by atoms with Gasteiger partial charge in [0.15, 0.2) is 5.96 Å². The lowest BCUT2D eigenvalue weighted by Crippen LogP contribution is -2.46. The van der Waals surface area contributed by atoms with E-state index in [1.165, 1.54) is 24.8 Å². The van der Waals surface area contributed by atoms with E-state index < -0.39 is 0 Å². The smallest absolute Gasteiger partial charge is 0.227 e. The van der Waals surface area contributed by atoms with Crippen LogP contribution in [0.5, 0.6) is 0 Å². The normalized spacial score (nSPS) is 18.4. The first kappa shape index (κ1) is 22.9. The second kappa shape index (κ2) is 11.0. The largest absolute Gasteiger partial charge is 0.385 e. The lowest BCUT2D eigenvalue weighted by molar-refractivity contribution is -0.117. The SMILES string of the molecule is CN=C(NCc1ccc(N2CCCC2=O)cc1)NCC1(CCOC)CCC1.I. The standard InChI is InChI=1S/C21H32N4O2.HI/c1-22-20(24-16-21(10-4-11-21)12-14-27-2)23-15-17-6-8-18(9-7-17)25-13-3-5-19(25)26;/h6-9H,3-5,10-16H2,1-2H3,(H2,22,23,24);1H. The number of anilines is 1. The topological polar surface area (TPSA) is 66.0 Å². The highest BCUT2D eigenvalue weighted by molar-refractivity contribution is 14.0. The Balaban J connectivity index is 0.00000280. The van der Waals surface area contributed by atoms with Crippen LogP contribution in [0.2, 0.25) is 0 Å². The van der Waals surface area contributed by atoms with Crippen molar-refractivity contribution in [3.8, 4) is 0 Å². The number of carbonyl (C=O) groups excluding carboxylic acids is 1. The van der Waals surface area contributed by atoms with Crippen molar-refractivity contribution in [2.24, 2.45) is 10.4 Å². The molecule has 1 heterocycles. The van der Waals surface area contributed by atoms with Gasteiger partial charge in [-0.3, -0.25) is 9.79 Å². The van der Waals surface area contributed by atoms with Crippen molar-refractivity contribution >= 4 is 41.5 Å². The highest BCUT2D eigenvalue weighted by Crippen LogP contribution is 2.43. The van der Waals surface area contributed by atoms with Crippen LogP contribution in [0.4, 0.5) is 5.69 Å². The molecule has 2 N–H and O–H groups in total. The van der Waals surface area contributed by atoms with E-state index in [4.69, 9.17) is 4.74 Å². The van der Waals surface area contributed by atoms with E-state index >= 15 is 0 Å². The average Bonchev–Trinajstić information content (AvgIpc) is 3.09. The molecular formula is C21H33IN4O2. The number of nitrogens with zero attached hydrogens (tertiary/aromatic N) is 2. The molecule has 0 spiro atoms. The fraction of sp³-hybridized carbons (Fsp3) is 0.619. The molecule has 1 aliphatic carbocycles. The monoisotopic (exact) mass is 500 g/mol. The molecule has 1 saturated carbocycles. The van der Waals surface area contributed by atoms with Gasteiger partial charge in [0.05, 0.1) is 0 Å². The van der Waals surface area contributed by atoms with Gasteiger partial charge in [-0.2, -0.15) is 0 Å². The molecule has 7 heteroatoms. The molecule has 6 nitrogen and oxygen atoms in total. The Labute approximate surface area is 185 Å². The first-order valence-electron chi connectivity index (χ1n) is 9.99. The number of benzene rings is 1. The van der Waals surface area contributed by atoms with Gasteiger partial charge in [-0.25, -0.2) is 0 Å². The minimum atomic E-state index is 0. The summed E-state index contributed by atoms with van der Waals surface area (Å²) in [5, 5.41) is 6.87. The minimum absolute atomic E-state index is 0. The predicted molar refractivity (Wildman–Crippen MR) is 124 cm³/mol. The van der Waals surface area contributed by atoms with Crippen LogP contribution in [0.3, 0.4) is 0 Å². The quantitative estimate of drug-likeness (QED) is 0.327. The van der Waals surface area contributed by atoms with E-state index in [0.29, 0.717) is 18.4 Å². The maximum Gasteiger partial charge on any atom is 0.227 e. The van der Waals surface area contributed by atoms with Gasteiger partial charge in [-0.15, -0.1) is 24.0 Å². The van der Waals surface area contributed by atoms with Crippen LogP contribution in [0, 0.1) is 5.41 Å². The van der Waals surface area contributed by atoms with Gasteiger partial charge in [0.2, 0.25) is 5.91 Å². The predicted octanol–water partition coefficient (Wildman–Crippen LogP) is 3.30. The Morgan fingerprint density at radius 3 is 2.50 bits per heavy atom. The van der Waals surface area contributed by atoms with Gasteiger partial charge in [0, 0.05) is 52.5 Å². The first-order chi connectivity index (χ1) is 13.2. The van der Waals surface area contributed by atoms with Crippen molar-refractivity contribution in [3.05, 3.63) is 29.8 Å². The van der Waals surface area contributed by atoms with Crippen LogP contribution in [-0.4, -0.2) is 45.7 Å². The number of aliphatic imine (C=N–C) groups is 1. The third-order valence-electron chi connectivity index (χ3n) is 5.89. The zero-order chi connectivity index (χ0) is 19.1. The number of hydrogen-bond donors (Lipinski definition) is 2. The van der Waals surface area contributed by atoms with E-state index in [-0.39, 0.29) is 29.9 Å². The van der Waals surface area contributed by atoms with Crippen molar-refractivity contribution in [1.82, 2.24) is 10.6 Å². The van der Waals surface area contributed by atoms with Gasteiger partial charge in [0.25, 0.3) is 0 Å². The van der Waals surface area contributed by atoms with Gasteiger partial charge in [-0.1, -0.05) is 18.6 Å². The Morgan fingerprint density at radius 1 is 1.21 bits per heavy atom. The number of methoxy groups -OCH3 is 1. The van der Waals surface area contributed by atoms with Gasteiger partial charge in [-0.05, 0) is 48.8 Å². The second-order valence-corrected chi connectivity index (χ2v) is 7.69. The molecule has 0 bridgehead atoms. The van der Waals surface area contributed by atoms with E-state index in [2.05, 4.69) is 27.8 Å². The fourth-order valence-electron chi connectivity index (χ4n) is 3.90. The number of amides is 1. The van der Waals surface area contributed by atoms with E-state index in [1.807, 2.05) is 17.0 Å². The summed E-state index contributed by atoms with van der Waals surface area (Å²) in [5.74, 6) is 1.06. The van der Waals surface area contributed by atoms with Crippen LogP contribution in [-0.2, 0) is 16.1 Å². The molecule has 3 rings (SSSR count). The summed E-state index contributed by atoms with van der Waals surface area (Å²) in [4.78, 5) is 18.1. The minimum Gasteiger partial charge on any atom is -0.385 e. The Morgan fingerprint density at radius 2 is 1.96 bits per heavy atom. The Hall–Kier alpha value is -1.35. The number of ether oxygens (including phenoxy) is 1. The zero-order valence-electron chi connectivity index (χ0n) is 17.0. The van der Waals surface area contributed by atoms with Crippen LogP contribution in [0.1, 0.15) is 44.1 Å². The average molecular weight is 500 g/mol. The number of carbonyl (C=O) groups is 1. The highest BCUT2D eigenvalue weighted by Gasteiger charge is 2.36. The van der Waals surface area contributed by atoms with Crippen molar-refractivity contribution in [3.63, 3.8) is 0 Å². The Bertz CT molecular complexity index is 659. The molecule has 0 unspecified atom stereocenters.